The zero-order valence-corrected chi connectivity index (χ0v) is 15.5. The second-order valence-corrected chi connectivity index (χ2v) is 8.26. The molecule has 134 valence electrons. The predicted molar refractivity (Wildman–Crippen MR) is 93.7 cm³/mol. The number of piperidine rings is 1. The first kappa shape index (κ1) is 18.5. The van der Waals surface area contributed by atoms with Crippen molar-refractivity contribution in [2.75, 3.05) is 13.1 Å². The smallest absolute Gasteiger partial charge is 0.410 e. The average molecular weight is 325 g/mol. The Kier molecular flexibility index (Phi) is 6.32. The monoisotopic (exact) mass is 325 g/mol. The summed E-state index contributed by atoms with van der Waals surface area (Å²) in [5.74, 6) is 0. The lowest BCUT2D eigenvalue weighted by Gasteiger charge is -2.41. The van der Waals surface area contributed by atoms with Gasteiger partial charge in [0.25, 0.3) is 0 Å². The number of carbonyl (C=O) groups is 1. The molecule has 2 aliphatic heterocycles. The first-order valence-electron chi connectivity index (χ1n) is 9.25. The fraction of sp³-hybridized carbons (Fsp3) is 0.944. The van der Waals surface area contributed by atoms with E-state index in [1.165, 1.54) is 12.8 Å². The Labute approximate surface area is 141 Å². The van der Waals surface area contributed by atoms with Gasteiger partial charge in [0.05, 0.1) is 0 Å². The molecule has 2 heterocycles. The molecule has 2 N–H and O–H groups in total. The third-order valence-electron chi connectivity index (χ3n) is 4.92. The topological polar surface area (TPSA) is 53.6 Å². The van der Waals surface area contributed by atoms with Gasteiger partial charge in [0.15, 0.2) is 0 Å². The maximum atomic E-state index is 12.4. The molecule has 5 nitrogen and oxygen atoms in total. The number of carbonyl (C=O) groups excluding carboxylic acids is 1. The minimum atomic E-state index is -0.432. The van der Waals surface area contributed by atoms with Crippen LogP contribution in [0, 0.1) is 0 Å². The van der Waals surface area contributed by atoms with Crippen LogP contribution >= 0.6 is 0 Å². The van der Waals surface area contributed by atoms with Crippen LogP contribution in [0.3, 0.4) is 0 Å². The number of nitrogens with one attached hydrogen (secondary N) is 2. The summed E-state index contributed by atoms with van der Waals surface area (Å²) in [7, 11) is 0. The van der Waals surface area contributed by atoms with Crippen molar-refractivity contribution in [1.29, 1.82) is 0 Å². The molecule has 0 aliphatic carbocycles. The SMILES string of the molecule is CC(CC1CCCN1)NC1CCCN(C(=O)OC(C)(C)C)C1C. The number of likely N-dealkylation sites (tertiary alicyclic amines) is 1. The summed E-state index contributed by atoms with van der Waals surface area (Å²) in [6.45, 7) is 12.1. The largest absolute Gasteiger partial charge is 0.444 e. The highest BCUT2D eigenvalue weighted by atomic mass is 16.6. The lowest BCUT2D eigenvalue weighted by atomic mass is 9.96. The zero-order valence-electron chi connectivity index (χ0n) is 15.5. The first-order valence-corrected chi connectivity index (χ1v) is 9.25. The van der Waals surface area contributed by atoms with E-state index in [1.807, 2.05) is 25.7 Å². The van der Waals surface area contributed by atoms with Crippen LogP contribution in [-0.2, 0) is 4.74 Å². The molecule has 0 aromatic carbocycles. The summed E-state index contributed by atoms with van der Waals surface area (Å²) in [6.07, 6.45) is 5.73. The van der Waals surface area contributed by atoms with E-state index < -0.39 is 5.60 Å². The van der Waals surface area contributed by atoms with Crippen LogP contribution in [0.2, 0.25) is 0 Å². The Morgan fingerprint density at radius 2 is 2.09 bits per heavy atom. The fourth-order valence-corrected chi connectivity index (χ4v) is 3.76. The fourth-order valence-electron chi connectivity index (χ4n) is 3.76. The van der Waals surface area contributed by atoms with Crippen molar-refractivity contribution in [3.8, 4) is 0 Å². The summed E-state index contributed by atoms with van der Waals surface area (Å²) < 4.78 is 5.56. The van der Waals surface area contributed by atoms with Gasteiger partial charge in [-0.05, 0) is 73.3 Å². The minimum absolute atomic E-state index is 0.178. The molecular formula is C18H35N3O2. The molecule has 23 heavy (non-hydrogen) atoms. The highest BCUT2D eigenvalue weighted by Crippen LogP contribution is 2.22. The van der Waals surface area contributed by atoms with Gasteiger partial charge >= 0.3 is 6.09 Å². The summed E-state index contributed by atoms with van der Waals surface area (Å²) in [5.41, 5.74) is -0.432. The molecule has 0 aromatic heterocycles. The number of nitrogens with zero attached hydrogens (tertiary/aromatic N) is 1. The molecule has 0 spiro atoms. The molecule has 2 rings (SSSR count). The lowest BCUT2D eigenvalue weighted by molar-refractivity contribution is 0.00631. The van der Waals surface area contributed by atoms with E-state index in [-0.39, 0.29) is 12.1 Å². The quantitative estimate of drug-likeness (QED) is 0.834. The van der Waals surface area contributed by atoms with Crippen molar-refractivity contribution in [3.63, 3.8) is 0 Å². The van der Waals surface area contributed by atoms with E-state index in [0.29, 0.717) is 18.1 Å². The van der Waals surface area contributed by atoms with Crippen molar-refractivity contribution < 1.29 is 9.53 Å². The van der Waals surface area contributed by atoms with Crippen LogP contribution in [0.4, 0.5) is 4.79 Å². The molecule has 5 heteroatoms. The molecule has 2 fully saturated rings. The molecule has 4 atom stereocenters. The Morgan fingerprint density at radius 1 is 1.35 bits per heavy atom. The first-order chi connectivity index (χ1) is 10.8. The van der Waals surface area contributed by atoms with E-state index in [2.05, 4.69) is 24.5 Å². The molecule has 1 amide bonds. The highest BCUT2D eigenvalue weighted by molar-refractivity contribution is 5.68. The second-order valence-electron chi connectivity index (χ2n) is 8.26. The molecule has 4 unspecified atom stereocenters. The molecule has 2 aliphatic rings. The molecule has 0 aromatic rings. The van der Waals surface area contributed by atoms with Gasteiger partial charge in [-0.3, -0.25) is 0 Å². The van der Waals surface area contributed by atoms with Crippen molar-refractivity contribution in [2.24, 2.45) is 0 Å². The molecular weight excluding hydrogens is 290 g/mol. The summed E-state index contributed by atoms with van der Waals surface area (Å²) in [5, 5.41) is 7.32. The summed E-state index contributed by atoms with van der Waals surface area (Å²) in [6, 6.07) is 1.65. The van der Waals surface area contributed by atoms with Gasteiger partial charge in [0, 0.05) is 30.7 Å². The normalized spacial score (nSPS) is 30.3. The zero-order chi connectivity index (χ0) is 17.0. The molecule has 0 bridgehead atoms. The van der Waals surface area contributed by atoms with Gasteiger partial charge in [0.2, 0.25) is 0 Å². The van der Waals surface area contributed by atoms with Crippen LogP contribution in [0.5, 0.6) is 0 Å². The third-order valence-corrected chi connectivity index (χ3v) is 4.92. The number of hydrogen-bond acceptors (Lipinski definition) is 4. The van der Waals surface area contributed by atoms with Gasteiger partial charge in [-0.1, -0.05) is 0 Å². The van der Waals surface area contributed by atoms with Crippen molar-refractivity contribution >= 4 is 6.09 Å². The standard InChI is InChI=1S/C18H35N3O2/c1-13(12-15-8-6-10-19-15)20-16-9-7-11-21(14(16)2)17(22)23-18(3,4)5/h13-16,19-20H,6-12H2,1-5H3. The van der Waals surface area contributed by atoms with Crippen molar-refractivity contribution in [3.05, 3.63) is 0 Å². The van der Waals surface area contributed by atoms with Gasteiger partial charge in [0.1, 0.15) is 5.60 Å². The predicted octanol–water partition coefficient (Wildman–Crippen LogP) is 2.89. The maximum absolute atomic E-state index is 12.4. The summed E-state index contributed by atoms with van der Waals surface area (Å²) in [4.78, 5) is 14.3. The van der Waals surface area contributed by atoms with Gasteiger partial charge in [-0.15, -0.1) is 0 Å². The van der Waals surface area contributed by atoms with E-state index in [1.54, 1.807) is 0 Å². The Bertz CT molecular complexity index is 388. The second kappa shape index (κ2) is 7.84. The lowest BCUT2D eigenvalue weighted by Crippen LogP contribution is -2.57. The summed E-state index contributed by atoms with van der Waals surface area (Å²) >= 11 is 0. The van der Waals surface area contributed by atoms with E-state index in [0.717, 1.165) is 32.4 Å². The Balaban J connectivity index is 1.85. The number of hydrogen-bond donors (Lipinski definition) is 2. The molecule has 0 saturated carbocycles. The van der Waals surface area contributed by atoms with E-state index >= 15 is 0 Å². The number of ether oxygens (including phenoxy) is 1. The molecule has 2 saturated heterocycles. The van der Waals surface area contributed by atoms with Crippen LogP contribution < -0.4 is 10.6 Å². The van der Waals surface area contributed by atoms with Crippen molar-refractivity contribution in [1.82, 2.24) is 15.5 Å². The maximum Gasteiger partial charge on any atom is 0.410 e. The Hall–Kier alpha value is -0.810. The van der Waals surface area contributed by atoms with Gasteiger partial charge in [-0.25, -0.2) is 4.79 Å². The number of rotatable bonds is 4. The highest BCUT2D eigenvalue weighted by Gasteiger charge is 2.34. The van der Waals surface area contributed by atoms with Gasteiger partial charge in [-0.2, -0.15) is 0 Å². The number of amides is 1. The van der Waals surface area contributed by atoms with E-state index in [4.69, 9.17) is 4.74 Å². The van der Waals surface area contributed by atoms with Crippen LogP contribution in [0.15, 0.2) is 0 Å². The third kappa shape index (κ3) is 5.64. The van der Waals surface area contributed by atoms with Crippen LogP contribution in [0.25, 0.3) is 0 Å². The van der Waals surface area contributed by atoms with Crippen LogP contribution in [0.1, 0.15) is 66.7 Å². The van der Waals surface area contributed by atoms with Crippen LogP contribution in [-0.4, -0.2) is 53.9 Å². The van der Waals surface area contributed by atoms with Gasteiger partial charge < -0.3 is 20.3 Å². The van der Waals surface area contributed by atoms with Crippen molar-refractivity contribution in [2.45, 2.75) is 96.5 Å². The average Bonchev–Trinajstić information content (AvgIpc) is 2.91. The van der Waals surface area contributed by atoms with E-state index in [9.17, 15) is 4.79 Å². The molecule has 0 radical (unpaired) electrons. The minimum Gasteiger partial charge on any atom is -0.444 e. The Morgan fingerprint density at radius 3 is 2.70 bits per heavy atom.